The first-order chi connectivity index (χ1) is 18.0. The third kappa shape index (κ3) is 6.66. The minimum absolute atomic E-state index is 0.00632. The zero-order valence-corrected chi connectivity index (χ0v) is 23.7. The van der Waals surface area contributed by atoms with E-state index in [2.05, 4.69) is 14.9 Å². The van der Waals surface area contributed by atoms with Crippen LogP contribution in [0.15, 0.2) is 48.8 Å². The molecule has 2 amide bonds. The van der Waals surface area contributed by atoms with Crippen LogP contribution in [0.5, 0.6) is 0 Å². The van der Waals surface area contributed by atoms with Crippen LogP contribution < -0.4 is 4.90 Å². The van der Waals surface area contributed by atoms with Gasteiger partial charge in [-0.2, -0.15) is 0 Å². The summed E-state index contributed by atoms with van der Waals surface area (Å²) in [5.41, 5.74) is 1.06. The number of ether oxygens (including phenoxy) is 1. The van der Waals surface area contributed by atoms with E-state index in [0.29, 0.717) is 49.2 Å². The van der Waals surface area contributed by atoms with Crippen LogP contribution in [-0.4, -0.2) is 77.1 Å². The van der Waals surface area contributed by atoms with Gasteiger partial charge in [-0.15, -0.1) is 0 Å². The number of aromatic nitrogens is 2. The number of carbonyl (C=O) groups excluding carboxylic acids is 2. The van der Waals surface area contributed by atoms with Gasteiger partial charge in [-0.1, -0.05) is 41.4 Å². The molecule has 0 spiro atoms. The summed E-state index contributed by atoms with van der Waals surface area (Å²) < 4.78 is 5.47. The third-order valence-electron chi connectivity index (χ3n) is 6.52. The van der Waals surface area contributed by atoms with Gasteiger partial charge in [-0.05, 0) is 57.0 Å². The number of fused-ring (bicyclic) bond motifs is 1. The van der Waals surface area contributed by atoms with Crippen molar-refractivity contribution in [2.45, 2.75) is 38.7 Å². The highest BCUT2D eigenvalue weighted by atomic mass is 35.5. The zero-order chi connectivity index (χ0) is 27.4. The molecule has 1 atom stereocenters. The van der Waals surface area contributed by atoms with Crippen molar-refractivity contribution < 1.29 is 14.3 Å². The first-order valence-electron chi connectivity index (χ1n) is 12.7. The van der Waals surface area contributed by atoms with E-state index in [9.17, 15) is 9.59 Å². The Kier molecular flexibility index (Phi) is 8.63. The Morgan fingerprint density at radius 2 is 1.74 bits per heavy atom. The van der Waals surface area contributed by atoms with Crippen LogP contribution in [0.2, 0.25) is 10.0 Å². The maximum Gasteiger partial charge on any atom is 0.410 e. The second-order valence-corrected chi connectivity index (χ2v) is 11.3. The Hall–Kier alpha value is -3.10. The van der Waals surface area contributed by atoms with Crippen molar-refractivity contribution in [3.05, 3.63) is 64.4 Å². The van der Waals surface area contributed by atoms with Gasteiger partial charge in [-0.25, -0.2) is 14.8 Å². The van der Waals surface area contributed by atoms with Crippen LogP contribution in [0.25, 0.3) is 10.9 Å². The number of benzene rings is 2. The minimum atomic E-state index is -0.598. The number of para-hydroxylation sites is 1. The molecule has 0 saturated carbocycles. The molecule has 38 heavy (non-hydrogen) atoms. The van der Waals surface area contributed by atoms with Crippen LogP contribution in [0.3, 0.4) is 0 Å². The SMILES string of the molecule is CN(CCC(C(=O)N1CCN(c2ncnc3ccccc23)CC1)c1ccc(Cl)c(Cl)c1)C(=O)OC(C)(C)C. The second-order valence-electron chi connectivity index (χ2n) is 10.4. The van der Waals surface area contributed by atoms with E-state index in [1.165, 1.54) is 4.90 Å². The molecule has 0 N–H and O–H groups in total. The summed E-state index contributed by atoms with van der Waals surface area (Å²) in [6, 6.07) is 13.2. The van der Waals surface area contributed by atoms with Crippen molar-refractivity contribution in [3.8, 4) is 0 Å². The third-order valence-corrected chi connectivity index (χ3v) is 7.25. The molecule has 1 aromatic heterocycles. The van der Waals surface area contributed by atoms with Crippen LogP contribution in [-0.2, 0) is 9.53 Å². The topological polar surface area (TPSA) is 78.9 Å². The average molecular weight is 559 g/mol. The highest BCUT2D eigenvalue weighted by Crippen LogP contribution is 2.31. The number of anilines is 1. The number of carbonyl (C=O) groups is 2. The lowest BCUT2D eigenvalue weighted by molar-refractivity contribution is -0.133. The quantitative estimate of drug-likeness (QED) is 0.391. The molecule has 2 heterocycles. The van der Waals surface area contributed by atoms with Crippen LogP contribution in [0, 0.1) is 0 Å². The average Bonchev–Trinajstić information content (AvgIpc) is 2.89. The summed E-state index contributed by atoms with van der Waals surface area (Å²) in [4.78, 5) is 40.8. The summed E-state index contributed by atoms with van der Waals surface area (Å²) in [6.07, 6.45) is 1.57. The first kappa shape index (κ1) is 27.9. The van der Waals surface area contributed by atoms with E-state index in [-0.39, 0.29) is 5.91 Å². The maximum absolute atomic E-state index is 13.8. The van der Waals surface area contributed by atoms with Gasteiger partial charge in [0.1, 0.15) is 17.7 Å². The van der Waals surface area contributed by atoms with Crippen molar-refractivity contribution in [2.75, 3.05) is 44.7 Å². The Balaban J connectivity index is 1.48. The van der Waals surface area contributed by atoms with E-state index in [4.69, 9.17) is 27.9 Å². The molecule has 3 aromatic rings. The molecule has 4 rings (SSSR count). The highest BCUT2D eigenvalue weighted by Gasteiger charge is 2.31. The predicted octanol–water partition coefficient (Wildman–Crippen LogP) is 5.63. The van der Waals surface area contributed by atoms with Crippen LogP contribution in [0.1, 0.15) is 38.7 Å². The lowest BCUT2D eigenvalue weighted by Gasteiger charge is -2.37. The monoisotopic (exact) mass is 557 g/mol. The molecule has 202 valence electrons. The van der Waals surface area contributed by atoms with Crippen molar-refractivity contribution >= 4 is 51.9 Å². The number of rotatable bonds is 6. The molecule has 1 aliphatic rings. The number of halogens is 2. The molecule has 1 unspecified atom stereocenters. The van der Waals surface area contributed by atoms with Crippen molar-refractivity contribution in [1.29, 1.82) is 0 Å². The molecule has 1 aliphatic heterocycles. The molecule has 0 aliphatic carbocycles. The van der Waals surface area contributed by atoms with Crippen LogP contribution in [0.4, 0.5) is 10.6 Å². The number of hydrogen-bond acceptors (Lipinski definition) is 6. The molecule has 10 heteroatoms. The van der Waals surface area contributed by atoms with Gasteiger partial charge in [0.15, 0.2) is 0 Å². The largest absolute Gasteiger partial charge is 0.444 e. The number of hydrogen-bond donors (Lipinski definition) is 0. The van der Waals surface area contributed by atoms with Gasteiger partial charge < -0.3 is 19.4 Å². The van der Waals surface area contributed by atoms with Gasteiger partial charge in [0.05, 0.1) is 21.5 Å². The number of piperazine rings is 1. The smallest absolute Gasteiger partial charge is 0.410 e. The second kappa shape index (κ2) is 11.7. The van der Waals surface area contributed by atoms with E-state index in [1.54, 1.807) is 25.5 Å². The molecule has 2 aromatic carbocycles. The van der Waals surface area contributed by atoms with Gasteiger partial charge in [0.2, 0.25) is 5.91 Å². The first-order valence-corrected chi connectivity index (χ1v) is 13.4. The lowest BCUT2D eigenvalue weighted by Crippen LogP contribution is -2.50. The fourth-order valence-corrected chi connectivity index (χ4v) is 4.82. The van der Waals surface area contributed by atoms with Gasteiger partial charge in [0.25, 0.3) is 0 Å². The minimum Gasteiger partial charge on any atom is -0.444 e. The van der Waals surface area contributed by atoms with Gasteiger partial charge >= 0.3 is 6.09 Å². The molecule has 1 fully saturated rings. The Morgan fingerprint density at radius 1 is 1.03 bits per heavy atom. The van der Waals surface area contributed by atoms with Crippen molar-refractivity contribution in [3.63, 3.8) is 0 Å². The maximum atomic E-state index is 13.8. The number of amides is 2. The molecule has 8 nitrogen and oxygen atoms in total. The van der Waals surface area contributed by atoms with Crippen molar-refractivity contribution in [1.82, 2.24) is 19.8 Å². The highest BCUT2D eigenvalue weighted by molar-refractivity contribution is 6.42. The molecule has 0 radical (unpaired) electrons. The molecular weight excluding hydrogens is 525 g/mol. The van der Waals surface area contributed by atoms with E-state index >= 15 is 0 Å². The lowest BCUT2D eigenvalue weighted by atomic mass is 9.93. The van der Waals surface area contributed by atoms with Crippen molar-refractivity contribution in [2.24, 2.45) is 0 Å². The number of nitrogens with zero attached hydrogens (tertiary/aromatic N) is 5. The summed E-state index contributed by atoms with van der Waals surface area (Å²) in [5.74, 6) is 0.386. The fraction of sp³-hybridized carbons (Fsp3) is 0.429. The molecular formula is C28H33Cl2N5O3. The van der Waals surface area contributed by atoms with Gasteiger partial charge in [0, 0.05) is 45.2 Å². The zero-order valence-electron chi connectivity index (χ0n) is 22.2. The molecule has 0 bridgehead atoms. The predicted molar refractivity (Wildman–Crippen MR) is 151 cm³/mol. The summed E-state index contributed by atoms with van der Waals surface area (Å²) >= 11 is 12.5. The fourth-order valence-electron chi connectivity index (χ4n) is 4.52. The van der Waals surface area contributed by atoms with E-state index in [0.717, 1.165) is 22.3 Å². The van der Waals surface area contributed by atoms with E-state index in [1.807, 2.05) is 56.0 Å². The molecule has 1 saturated heterocycles. The standard InChI is InChI=1S/C28H33Cl2N5O3/c1-28(2,3)38-27(37)33(4)12-11-20(19-9-10-22(29)23(30)17-19)26(36)35-15-13-34(14-16-35)25-21-7-5-6-8-24(21)31-18-32-25/h5-10,17-18,20H,11-16H2,1-4H3. The Morgan fingerprint density at radius 3 is 2.42 bits per heavy atom. The summed E-state index contributed by atoms with van der Waals surface area (Å²) in [5, 5.41) is 1.81. The van der Waals surface area contributed by atoms with E-state index < -0.39 is 17.6 Å². The summed E-state index contributed by atoms with van der Waals surface area (Å²) in [7, 11) is 1.68. The Bertz CT molecular complexity index is 1300. The van der Waals surface area contributed by atoms with Gasteiger partial charge in [-0.3, -0.25) is 4.79 Å². The van der Waals surface area contributed by atoms with Crippen LogP contribution >= 0.6 is 23.2 Å². The normalized spacial score (nSPS) is 14.9. The Labute approximate surface area is 233 Å². The summed E-state index contributed by atoms with van der Waals surface area (Å²) in [6.45, 7) is 8.23.